The second-order valence-electron chi connectivity index (χ2n) is 4.42. The van der Waals surface area contributed by atoms with E-state index in [0.717, 1.165) is 12.0 Å². The predicted molar refractivity (Wildman–Crippen MR) is 74.9 cm³/mol. The second-order valence-corrected chi connectivity index (χ2v) is 4.42. The molecule has 0 spiro atoms. The summed E-state index contributed by atoms with van der Waals surface area (Å²) in [5.41, 5.74) is 2.26. The summed E-state index contributed by atoms with van der Waals surface area (Å²) >= 11 is 0. The van der Waals surface area contributed by atoms with Gasteiger partial charge < -0.3 is 10.1 Å². The van der Waals surface area contributed by atoms with Crippen LogP contribution in [0.2, 0.25) is 0 Å². The van der Waals surface area contributed by atoms with Gasteiger partial charge in [0, 0.05) is 6.04 Å². The third-order valence-electron chi connectivity index (χ3n) is 3.21. The van der Waals surface area contributed by atoms with Gasteiger partial charge >= 0.3 is 0 Å². The molecule has 2 aromatic rings. The molecule has 0 aromatic heterocycles. The number of ether oxygens (including phenoxy) is 1. The minimum Gasteiger partial charge on any atom is -0.494 e. The van der Waals surface area contributed by atoms with Crippen molar-refractivity contribution in [1.29, 1.82) is 0 Å². The molecule has 1 N–H and O–H groups in total. The van der Waals surface area contributed by atoms with E-state index in [-0.39, 0.29) is 17.6 Å². The fourth-order valence-corrected chi connectivity index (χ4v) is 2.13. The Kier molecular flexibility index (Phi) is 4.53. The largest absolute Gasteiger partial charge is 0.494 e. The maximum absolute atomic E-state index is 13.4. The first-order chi connectivity index (χ1) is 9.24. The average molecular weight is 259 g/mol. The first-order valence-corrected chi connectivity index (χ1v) is 6.29. The molecule has 0 bridgehead atoms. The monoisotopic (exact) mass is 259 g/mol. The van der Waals surface area contributed by atoms with E-state index in [1.165, 1.54) is 18.7 Å². The van der Waals surface area contributed by atoms with Gasteiger partial charge in [-0.25, -0.2) is 4.39 Å². The molecule has 0 saturated heterocycles. The summed E-state index contributed by atoms with van der Waals surface area (Å²) in [6.07, 6.45) is 0.853. The number of halogens is 1. The van der Waals surface area contributed by atoms with Crippen LogP contribution in [-0.4, -0.2) is 14.2 Å². The highest BCUT2D eigenvalue weighted by atomic mass is 19.1. The highest BCUT2D eigenvalue weighted by Crippen LogP contribution is 2.24. The van der Waals surface area contributed by atoms with Gasteiger partial charge in [-0.1, -0.05) is 36.4 Å². The van der Waals surface area contributed by atoms with Crippen LogP contribution in [0.1, 0.15) is 17.2 Å². The van der Waals surface area contributed by atoms with E-state index in [4.69, 9.17) is 4.74 Å². The van der Waals surface area contributed by atoms with Crippen molar-refractivity contribution in [2.75, 3.05) is 14.2 Å². The summed E-state index contributed by atoms with van der Waals surface area (Å²) in [6, 6.07) is 15.3. The fraction of sp³-hybridized carbons (Fsp3) is 0.250. The summed E-state index contributed by atoms with van der Waals surface area (Å²) in [5.74, 6) is -0.0494. The molecule has 19 heavy (non-hydrogen) atoms. The molecule has 0 aliphatic heterocycles. The van der Waals surface area contributed by atoms with Crippen molar-refractivity contribution < 1.29 is 9.13 Å². The number of methoxy groups -OCH3 is 1. The van der Waals surface area contributed by atoms with E-state index >= 15 is 0 Å². The number of benzene rings is 2. The van der Waals surface area contributed by atoms with Crippen LogP contribution in [0.3, 0.4) is 0 Å². The first-order valence-electron chi connectivity index (χ1n) is 6.29. The SMILES string of the molecule is CNC(Cc1ccccc1)c1ccc(F)c(OC)c1. The van der Waals surface area contributed by atoms with Crippen LogP contribution >= 0.6 is 0 Å². The number of nitrogens with one attached hydrogen (secondary N) is 1. The molecule has 3 heteroatoms. The zero-order chi connectivity index (χ0) is 13.7. The molecule has 0 fully saturated rings. The van der Waals surface area contributed by atoms with Gasteiger partial charge in [-0.15, -0.1) is 0 Å². The van der Waals surface area contributed by atoms with Crippen molar-refractivity contribution >= 4 is 0 Å². The van der Waals surface area contributed by atoms with E-state index in [9.17, 15) is 4.39 Å². The Labute approximate surface area is 113 Å². The lowest BCUT2D eigenvalue weighted by Gasteiger charge is -2.17. The van der Waals surface area contributed by atoms with Gasteiger partial charge in [-0.2, -0.15) is 0 Å². The molecular weight excluding hydrogens is 241 g/mol. The van der Waals surface area contributed by atoms with Gasteiger partial charge in [-0.05, 0) is 36.7 Å². The smallest absolute Gasteiger partial charge is 0.165 e. The van der Waals surface area contributed by atoms with Gasteiger partial charge in [0.25, 0.3) is 0 Å². The Morgan fingerprint density at radius 3 is 2.53 bits per heavy atom. The van der Waals surface area contributed by atoms with Crippen molar-refractivity contribution in [3.05, 3.63) is 65.5 Å². The summed E-state index contributed by atoms with van der Waals surface area (Å²) in [7, 11) is 3.39. The van der Waals surface area contributed by atoms with Crippen molar-refractivity contribution in [2.45, 2.75) is 12.5 Å². The van der Waals surface area contributed by atoms with E-state index in [1.807, 2.05) is 25.2 Å². The van der Waals surface area contributed by atoms with Crippen LogP contribution in [0.15, 0.2) is 48.5 Å². The fourth-order valence-electron chi connectivity index (χ4n) is 2.13. The Hall–Kier alpha value is -1.87. The lowest BCUT2D eigenvalue weighted by molar-refractivity contribution is 0.385. The molecule has 0 radical (unpaired) electrons. The Morgan fingerprint density at radius 2 is 1.89 bits per heavy atom. The molecule has 1 unspecified atom stereocenters. The normalized spacial score (nSPS) is 12.2. The van der Waals surface area contributed by atoms with E-state index in [0.29, 0.717) is 0 Å². The third kappa shape index (κ3) is 3.32. The third-order valence-corrected chi connectivity index (χ3v) is 3.21. The first kappa shape index (κ1) is 13.6. The molecular formula is C16H18FNO. The van der Waals surface area contributed by atoms with Crippen LogP contribution in [0, 0.1) is 5.82 Å². The molecule has 0 amide bonds. The van der Waals surface area contributed by atoms with Gasteiger partial charge in [-0.3, -0.25) is 0 Å². The minimum absolute atomic E-state index is 0.136. The summed E-state index contributed by atoms with van der Waals surface area (Å²) in [5, 5.41) is 3.26. The molecule has 2 rings (SSSR count). The Morgan fingerprint density at radius 1 is 1.16 bits per heavy atom. The lowest BCUT2D eigenvalue weighted by Crippen LogP contribution is -2.19. The number of hydrogen-bond acceptors (Lipinski definition) is 2. The zero-order valence-electron chi connectivity index (χ0n) is 11.2. The van der Waals surface area contributed by atoms with Gasteiger partial charge in [0.05, 0.1) is 7.11 Å². The minimum atomic E-state index is -0.333. The molecule has 0 heterocycles. The number of hydrogen-bond donors (Lipinski definition) is 1. The lowest BCUT2D eigenvalue weighted by atomic mass is 9.99. The van der Waals surface area contributed by atoms with Crippen molar-refractivity contribution in [3.63, 3.8) is 0 Å². The molecule has 1 atom stereocenters. The predicted octanol–water partition coefficient (Wildman–Crippen LogP) is 3.34. The van der Waals surface area contributed by atoms with Gasteiger partial charge in [0.1, 0.15) is 0 Å². The Balaban J connectivity index is 2.22. The maximum Gasteiger partial charge on any atom is 0.165 e. The maximum atomic E-state index is 13.4. The van der Waals surface area contributed by atoms with E-state index in [2.05, 4.69) is 17.4 Å². The van der Waals surface area contributed by atoms with Crippen molar-refractivity contribution in [2.24, 2.45) is 0 Å². The van der Waals surface area contributed by atoms with Crippen LogP contribution < -0.4 is 10.1 Å². The second kappa shape index (κ2) is 6.34. The van der Waals surface area contributed by atoms with Crippen LogP contribution in [0.4, 0.5) is 4.39 Å². The van der Waals surface area contributed by atoms with E-state index in [1.54, 1.807) is 12.1 Å². The highest BCUT2D eigenvalue weighted by molar-refractivity contribution is 5.33. The van der Waals surface area contributed by atoms with E-state index < -0.39 is 0 Å². The number of rotatable bonds is 5. The molecule has 2 aromatic carbocycles. The van der Waals surface area contributed by atoms with Crippen molar-refractivity contribution in [1.82, 2.24) is 5.32 Å². The molecule has 100 valence electrons. The molecule has 0 aliphatic rings. The highest BCUT2D eigenvalue weighted by Gasteiger charge is 2.12. The molecule has 0 aliphatic carbocycles. The average Bonchev–Trinajstić information content (AvgIpc) is 2.46. The van der Waals surface area contributed by atoms with Crippen LogP contribution in [0.5, 0.6) is 5.75 Å². The quantitative estimate of drug-likeness (QED) is 0.889. The zero-order valence-corrected chi connectivity index (χ0v) is 11.2. The van der Waals surface area contributed by atoms with Gasteiger partial charge in [0.2, 0.25) is 0 Å². The molecule has 0 saturated carbocycles. The van der Waals surface area contributed by atoms with Crippen LogP contribution in [-0.2, 0) is 6.42 Å². The topological polar surface area (TPSA) is 21.3 Å². The summed E-state index contributed by atoms with van der Waals surface area (Å²) < 4.78 is 18.4. The van der Waals surface area contributed by atoms with Gasteiger partial charge in [0.15, 0.2) is 11.6 Å². The number of likely N-dealkylation sites (N-methyl/N-ethyl adjacent to an activating group) is 1. The Bertz CT molecular complexity index is 528. The molecule has 2 nitrogen and oxygen atoms in total. The standard InChI is InChI=1S/C16H18FNO/c1-18-15(10-12-6-4-3-5-7-12)13-8-9-14(17)16(11-13)19-2/h3-9,11,15,18H,10H2,1-2H3. The summed E-state index contributed by atoms with van der Waals surface area (Å²) in [4.78, 5) is 0. The van der Waals surface area contributed by atoms with Crippen molar-refractivity contribution in [3.8, 4) is 5.75 Å². The summed E-state index contributed by atoms with van der Waals surface area (Å²) in [6.45, 7) is 0. The van der Waals surface area contributed by atoms with Crippen LogP contribution in [0.25, 0.3) is 0 Å².